The highest BCUT2D eigenvalue weighted by atomic mass is 35.5. The van der Waals surface area contributed by atoms with Crippen LogP contribution in [0.4, 0.5) is 5.69 Å². The number of rotatable bonds is 6. The van der Waals surface area contributed by atoms with Crippen LogP contribution in [0, 0.1) is 6.92 Å². The lowest BCUT2D eigenvalue weighted by Crippen LogP contribution is -2.42. The van der Waals surface area contributed by atoms with Crippen LogP contribution in [-0.4, -0.2) is 12.0 Å². The van der Waals surface area contributed by atoms with Gasteiger partial charge in [-0.25, -0.2) is 0 Å². The van der Waals surface area contributed by atoms with E-state index in [1.54, 1.807) is 0 Å². The molecule has 1 atom stereocenters. The van der Waals surface area contributed by atoms with Gasteiger partial charge >= 0.3 is 0 Å². The van der Waals surface area contributed by atoms with Crippen molar-refractivity contribution in [3.63, 3.8) is 0 Å². The molecule has 0 bridgehead atoms. The first kappa shape index (κ1) is 20.7. The molecule has 0 heterocycles. The van der Waals surface area contributed by atoms with Gasteiger partial charge in [0, 0.05) is 10.7 Å². The van der Waals surface area contributed by atoms with Crippen LogP contribution < -0.4 is 10.1 Å². The van der Waals surface area contributed by atoms with E-state index in [-0.39, 0.29) is 12.0 Å². The molecule has 1 fully saturated rings. The van der Waals surface area contributed by atoms with Crippen molar-refractivity contribution in [3.8, 4) is 5.75 Å². The molecule has 0 saturated heterocycles. The lowest BCUT2D eigenvalue weighted by Gasteiger charge is -2.36. The zero-order valence-electron chi connectivity index (χ0n) is 17.1. The summed E-state index contributed by atoms with van der Waals surface area (Å²) < 4.78 is 5.95. The fourth-order valence-corrected chi connectivity index (χ4v) is 4.11. The van der Waals surface area contributed by atoms with Crippen LogP contribution in [0.3, 0.4) is 0 Å². The Hall–Kier alpha value is -2.00. The number of aryl methyl sites for hydroxylation is 1. The summed E-state index contributed by atoms with van der Waals surface area (Å²) in [5.74, 6) is 0.946. The smallest absolute Gasteiger partial charge is 0.235 e. The van der Waals surface area contributed by atoms with Crippen LogP contribution in [-0.2, 0) is 10.2 Å². The Morgan fingerprint density at radius 2 is 1.82 bits per heavy atom. The topological polar surface area (TPSA) is 38.3 Å². The second kappa shape index (κ2) is 9.00. The van der Waals surface area contributed by atoms with Crippen molar-refractivity contribution in [2.24, 2.45) is 0 Å². The highest BCUT2D eigenvalue weighted by molar-refractivity contribution is 6.30. The summed E-state index contributed by atoms with van der Waals surface area (Å²) in [6.07, 6.45) is 6.19. The van der Waals surface area contributed by atoms with E-state index in [0.29, 0.717) is 5.02 Å². The molecule has 3 nitrogen and oxygen atoms in total. The van der Waals surface area contributed by atoms with Crippen molar-refractivity contribution in [1.29, 1.82) is 0 Å². The summed E-state index contributed by atoms with van der Waals surface area (Å²) in [7, 11) is 0. The van der Waals surface area contributed by atoms with Crippen molar-refractivity contribution in [1.82, 2.24) is 0 Å². The van der Waals surface area contributed by atoms with E-state index in [4.69, 9.17) is 16.3 Å². The van der Waals surface area contributed by atoms with Crippen LogP contribution in [0.15, 0.2) is 42.5 Å². The van der Waals surface area contributed by atoms with E-state index in [1.807, 2.05) is 49.4 Å². The summed E-state index contributed by atoms with van der Waals surface area (Å²) in [4.78, 5) is 13.4. The van der Waals surface area contributed by atoms with E-state index in [1.165, 1.54) is 6.42 Å². The number of benzene rings is 2. The molecule has 3 rings (SSSR count). The largest absolute Gasteiger partial charge is 0.490 e. The zero-order valence-corrected chi connectivity index (χ0v) is 17.8. The van der Waals surface area contributed by atoms with E-state index in [0.717, 1.165) is 54.7 Å². The number of carbonyl (C=O) groups is 1. The number of nitrogens with one attached hydrogen (secondary N) is 1. The highest BCUT2D eigenvalue weighted by Crippen LogP contribution is 2.41. The Labute approximate surface area is 173 Å². The summed E-state index contributed by atoms with van der Waals surface area (Å²) >= 11 is 6.07. The Kier molecular flexibility index (Phi) is 6.66. The van der Waals surface area contributed by atoms with Gasteiger partial charge in [-0.05, 0) is 74.6 Å². The Balaban J connectivity index is 1.82. The number of carbonyl (C=O) groups excluding carboxylic acids is 1. The van der Waals surface area contributed by atoms with Gasteiger partial charge in [0.1, 0.15) is 5.75 Å². The van der Waals surface area contributed by atoms with Gasteiger partial charge in [0.2, 0.25) is 5.91 Å². The first-order valence-electron chi connectivity index (χ1n) is 10.3. The third kappa shape index (κ3) is 4.52. The minimum atomic E-state index is -0.483. The van der Waals surface area contributed by atoms with Gasteiger partial charge < -0.3 is 10.1 Å². The van der Waals surface area contributed by atoms with E-state index >= 15 is 0 Å². The van der Waals surface area contributed by atoms with Crippen LogP contribution in [0.25, 0.3) is 0 Å². The summed E-state index contributed by atoms with van der Waals surface area (Å²) in [6.45, 7) is 6.19. The molecular formula is C24H30ClNO2. The first-order valence-corrected chi connectivity index (χ1v) is 10.7. The van der Waals surface area contributed by atoms with Gasteiger partial charge in [0.05, 0.1) is 11.5 Å². The van der Waals surface area contributed by atoms with Gasteiger partial charge in [-0.15, -0.1) is 0 Å². The summed E-state index contributed by atoms with van der Waals surface area (Å²) in [6, 6.07) is 13.6. The van der Waals surface area contributed by atoms with Gasteiger partial charge in [-0.3, -0.25) is 4.79 Å². The molecule has 150 valence electrons. The minimum Gasteiger partial charge on any atom is -0.490 e. The van der Waals surface area contributed by atoms with E-state index < -0.39 is 5.41 Å². The molecule has 2 aromatic carbocycles. The Morgan fingerprint density at radius 3 is 2.43 bits per heavy atom. The molecule has 0 spiro atoms. The maximum absolute atomic E-state index is 13.4. The number of hydrogen-bond donors (Lipinski definition) is 1. The normalized spacial score (nSPS) is 17.0. The SMILES string of the molecule is CC[C@@H](C)Oc1ccc(NC(=O)C2(c3ccc(Cl)cc3)CCCCC2)cc1C. The van der Waals surface area contributed by atoms with Crippen molar-refractivity contribution in [2.75, 3.05) is 5.32 Å². The Morgan fingerprint density at radius 1 is 1.14 bits per heavy atom. The molecule has 1 aliphatic rings. The maximum Gasteiger partial charge on any atom is 0.235 e. The molecule has 1 N–H and O–H groups in total. The fourth-order valence-electron chi connectivity index (χ4n) is 3.98. The van der Waals surface area contributed by atoms with Crippen LogP contribution in [0.5, 0.6) is 5.75 Å². The number of ether oxygens (including phenoxy) is 1. The predicted molar refractivity (Wildman–Crippen MR) is 116 cm³/mol. The van der Waals surface area contributed by atoms with Crippen molar-refractivity contribution in [2.45, 2.75) is 70.8 Å². The molecule has 1 aliphatic carbocycles. The van der Waals surface area contributed by atoms with Crippen molar-refractivity contribution >= 4 is 23.2 Å². The van der Waals surface area contributed by atoms with Crippen molar-refractivity contribution < 1.29 is 9.53 Å². The number of amides is 1. The molecule has 0 aromatic heterocycles. The van der Waals surface area contributed by atoms with Gasteiger partial charge in [0.25, 0.3) is 0 Å². The number of hydrogen-bond acceptors (Lipinski definition) is 2. The predicted octanol–water partition coefficient (Wildman–Crippen LogP) is 6.67. The van der Waals surface area contributed by atoms with E-state index in [9.17, 15) is 4.79 Å². The van der Waals surface area contributed by atoms with Crippen LogP contribution >= 0.6 is 11.6 Å². The molecular weight excluding hydrogens is 370 g/mol. The van der Waals surface area contributed by atoms with Crippen molar-refractivity contribution in [3.05, 3.63) is 58.6 Å². The third-order valence-electron chi connectivity index (χ3n) is 5.87. The average molecular weight is 400 g/mol. The van der Waals surface area contributed by atoms with Gasteiger partial charge in [0.15, 0.2) is 0 Å². The van der Waals surface area contributed by atoms with E-state index in [2.05, 4.69) is 19.2 Å². The lowest BCUT2D eigenvalue weighted by atomic mass is 9.68. The maximum atomic E-state index is 13.4. The molecule has 0 aliphatic heterocycles. The summed E-state index contributed by atoms with van der Waals surface area (Å²) in [5, 5.41) is 3.87. The number of halogens is 1. The fraction of sp³-hybridized carbons (Fsp3) is 0.458. The average Bonchev–Trinajstić information content (AvgIpc) is 2.71. The molecule has 28 heavy (non-hydrogen) atoms. The Bertz CT molecular complexity index is 810. The number of anilines is 1. The monoisotopic (exact) mass is 399 g/mol. The standard InChI is InChI=1S/C24H30ClNO2/c1-4-18(3)28-22-13-12-21(16-17(22)2)26-23(27)24(14-6-5-7-15-24)19-8-10-20(25)11-9-19/h8-13,16,18H,4-7,14-15H2,1-3H3,(H,26,27)/t18-/m1/s1. The second-order valence-electron chi connectivity index (χ2n) is 7.92. The lowest BCUT2D eigenvalue weighted by molar-refractivity contribution is -0.122. The molecule has 0 unspecified atom stereocenters. The minimum absolute atomic E-state index is 0.0736. The van der Waals surface area contributed by atoms with Gasteiger partial charge in [-0.1, -0.05) is 49.9 Å². The summed E-state index contributed by atoms with van der Waals surface area (Å²) in [5.41, 5.74) is 2.42. The molecule has 4 heteroatoms. The molecule has 2 aromatic rings. The first-order chi connectivity index (χ1) is 13.4. The quantitative estimate of drug-likeness (QED) is 0.589. The third-order valence-corrected chi connectivity index (χ3v) is 6.13. The van der Waals surface area contributed by atoms with Crippen LogP contribution in [0.2, 0.25) is 5.02 Å². The highest BCUT2D eigenvalue weighted by Gasteiger charge is 2.41. The second-order valence-corrected chi connectivity index (χ2v) is 8.36. The zero-order chi connectivity index (χ0) is 20.1. The molecule has 1 saturated carbocycles. The van der Waals surface area contributed by atoms with Gasteiger partial charge in [-0.2, -0.15) is 0 Å². The van der Waals surface area contributed by atoms with Crippen LogP contribution in [0.1, 0.15) is 63.5 Å². The molecule has 1 amide bonds. The molecule has 0 radical (unpaired) electrons.